The fourth-order valence-electron chi connectivity index (χ4n) is 2.77. The lowest BCUT2D eigenvalue weighted by Gasteiger charge is -2.34. The molecule has 6 nitrogen and oxygen atoms in total. The van der Waals surface area contributed by atoms with E-state index in [-0.39, 0.29) is 23.8 Å². The van der Waals surface area contributed by atoms with Crippen LogP contribution in [0.25, 0.3) is 0 Å². The van der Waals surface area contributed by atoms with E-state index in [1.807, 2.05) is 13.0 Å². The van der Waals surface area contributed by atoms with Crippen LogP contribution >= 0.6 is 0 Å². The quantitative estimate of drug-likeness (QED) is 0.856. The van der Waals surface area contributed by atoms with Gasteiger partial charge in [0, 0.05) is 5.69 Å². The lowest BCUT2D eigenvalue weighted by molar-refractivity contribution is -0.147. The molecule has 1 heterocycles. The number of likely N-dealkylation sites (tertiary alicyclic amines) is 1. The van der Waals surface area contributed by atoms with E-state index in [0.29, 0.717) is 37.2 Å². The predicted octanol–water partition coefficient (Wildman–Crippen LogP) is 1.77. The zero-order valence-electron chi connectivity index (χ0n) is 13.4. The summed E-state index contributed by atoms with van der Waals surface area (Å²) in [6, 6.07) is 8.59. The first-order chi connectivity index (χ1) is 11.0. The van der Waals surface area contributed by atoms with Gasteiger partial charge >= 0.3 is 5.97 Å². The van der Waals surface area contributed by atoms with Crippen molar-refractivity contribution in [2.24, 2.45) is 5.92 Å². The van der Waals surface area contributed by atoms with Crippen LogP contribution in [0, 0.1) is 17.2 Å². The summed E-state index contributed by atoms with van der Waals surface area (Å²) in [7, 11) is 1.40. The monoisotopic (exact) mass is 315 g/mol. The number of hydrogen-bond donors (Lipinski definition) is 1. The maximum atomic E-state index is 12.4. The third-order valence-corrected chi connectivity index (χ3v) is 4.25. The zero-order chi connectivity index (χ0) is 16.8. The Morgan fingerprint density at radius 3 is 2.70 bits per heavy atom. The highest BCUT2D eigenvalue weighted by Crippen LogP contribution is 2.21. The number of piperidine rings is 1. The van der Waals surface area contributed by atoms with Crippen molar-refractivity contribution in [2.45, 2.75) is 25.8 Å². The molecule has 1 N–H and O–H groups in total. The fourth-order valence-corrected chi connectivity index (χ4v) is 2.77. The van der Waals surface area contributed by atoms with Gasteiger partial charge in [-0.25, -0.2) is 0 Å². The maximum Gasteiger partial charge on any atom is 0.308 e. The molecule has 1 aromatic rings. The molecule has 0 saturated carbocycles. The van der Waals surface area contributed by atoms with Gasteiger partial charge in [0.2, 0.25) is 5.91 Å². The van der Waals surface area contributed by atoms with Crippen LogP contribution in [-0.2, 0) is 14.3 Å². The van der Waals surface area contributed by atoms with E-state index >= 15 is 0 Å². The van der Waals surface area contributed by atoms with Crippen molar-refractivity contribution in [3.8, 4) is 6.07 Å². The largest absolute Gasteiger partial charge is 0.469 e. The molecule has 2 rings (SSSR count). The Kier molecular flexibility index (Phi) is 5.72. The summed E-state index contributed by atoms with van der Waals surface area (Å²) in [5, 5.41) is 11.7. The molecule has 1 aliphatic rings. The van der Waals surface area contributed by atoms with E-state index < -0.39 is 0 Å². The number of rotatable bonds is 4. The van der Waals surface area contributed by atoms with Crippen molar-refractivity contribution >= 4 is 17.6 Å². The van der Waals surface area contributed by atoms with Gasteiger partial charge in [0.15, 0.2) is 0 Å². The molecule has 0 radical (unpaired) electrons. The molecule has 0 spiro atoms. The molecule has 0 aromatic heterocycles. The number of nitriles is 1. The normalized spacial score (nSPS) is 17.1. The standard InChI is InChI=1S/C17H21N3O3/c1-12(20-8-6-14(7-9-20)17(22)23-2)16(21)19-15-5-3-4-13(10-15)11-18/h3-5,10,12,14H,6-9H2,1-2H3,(H,19,21)/t12-/m1/s1. The van der Waals surface area contributed by atoms with Crippen LogP contribution < -0.4 is 5.32 Å². The number of ether oxygens (including phenoxy) is 1. The van der Waals surface area contributed by atoms with Crippen molar-refractivity contribution in [1.29, 1.82) is 5.26 Å². The van der Waals surface area contributed by atoms with Crippen LogP contribution in [0.1, 0.15) is 25.3 Å². The molecule has 122 valence electrons. The lowest BCUT2D eigenvalue weighted by atomic mass is 9.96. The Balaban J connectivity index is 1.90. The van der Waals surface area contributed by atoms with Crippen LogP contribution in [0.5, 0.6) is 0 Å². The Bertz CT molecular complexity index is 616. The molecule has 1 aliphatic heterocycles. The second kappa shape index (κ2) is 7.75. The maximum absolute atomic E-state index is 12.4. The summed E-state index contributed by atoms with van der Waals surface area (Å²) in [6.07, 6.45) is 1.41. The summed E-state index contributed by atoms with van der Waals surface area (Å²) in [6.45, 7) is 3.22. The molecule has 0 unspecified atom stereocenters. The van der Waals surface area contributed by atoms with Gasteiger partial charge in [-0.15, -0.1) is 0 Å². The SMILES string of the molecule is COC(=O)C1CCN([C@H](C)C(=O)Nc2cccc(C#N)c2)CC1. The average molecular weight is 315 g/mol. The number of amides is 1. The minimum atomic E-state index is -0.292. The molecule has 1 atom stereocenters. The summed E-state index contributed by atoms with van der Waals surface area (Å²) < 4.78 is 4.77. The van der Waals surface area contributed by atoms with Crippen molar-refractivity contribution < 1.29 is 14.3 Å². The van der Waals surface area contributed by atoms with E-state index in [2.05, 4.69) is 10.2 Å². The van der Waals surface area contributed by atoms with Crippen molar-refractivity contribution in [1.82, 2.24) is 4.90 Å². The van der Waals surface area contributed by atoms with Gasteiger partial charge in [-0.3, -0.25) is 14.5 Å². The summed E-state index contributed by atoms with van der Waals surface area (Å²) in [5.41, 5.74) is 1.12. The molecule has 1 fully saturated rings. The molecule has 1 aromatic carbocycles. The van der Waals surface area contributed by atoms with Gasteiger partial charge in [0.25, 0.3) is 0 Å². The average Bonchev–Trinajstić information content (AvgIpc) is 2.60. The third kappa shape index (κ3) is 4.30. The van der Waals surface area contributed by atoms with E-state index in [9.17, 15) is 9.59 Å². The summed E-state index contributed by atoms with van der Waals surface area (Å²) >= 11 is 0. The van der Waals surface area contributed by atoms with E-state index in [1.54, 1.807) is 24.3 Å². The highest BCUT2D eigenvalue weighted by molar-refractivity contribution is 5.94. The number of nitrogens with one attached hydrogen (secondary N) is 1. The molecule has 23 heavy (non-hydrogen) atoms. The Hall–Kier alpha value is -2.39. The van der Waals surface area contributed by atoms with Crippen LogP contribution in [0.15, 0.2) is 24.3 Å². The van der Waals surface area contributed by atoms with E-state index in [1.165, 1.54) is 7.11 Å². The zero-order valence-corrected chi connectivity index (χ0v) is 13.4. The highest BCUT2D eigenvalue weighted by atomic mass is 16.5. The van der Waals surface area contributed by atoms with Gasteiger partial charge in [-0.1, -0.05) is 6.07 Å². The number of carbonyl (C=O) groups excluding carboxylic acids is 2. The van der Waals surface area contributed by atoms with Gasteiger partial charge in [-0.05, 0) is 51.1 Å². The van der Waals surface area contributed by atoms with Crippen molar-refractivity contribution in [3.05, 3.63) is 29.8 Å². The van der Waals surface area contributed by atoms with E-state index in [0.717, 1.165) is 0 Å². The molecule has 6 heteroatoms. The number of esters is 1. The summed E-state index contributed by atoms with van der Waals surface area (Å²) in [5.74, 6) is -0.356. The number of hydrogen-bond acceptors (Lipinski definition) is 5. The topological polar surface area (TPSA) is 82.4 Å². The first kappa shape index (κ1) is 17.0. The number of carbonyl (C=O) groups is 2. The second-order valence-corrected chi connectivity index (χ2v) is 5.69. The van der Waals surface area contributed by atoms with Gasteiger partial charge < -0.3 is 10.1 Å². The van der Waals surface area contributed by atoms with Crippen LogP contribution in [0.3, 0.4) is 0 Å². The van der Waals surface area contributed by atoms with Crippen molar-refractivity contribution in [3.63, 3.8) is 0 Å². The third-order valence-electron chi connectivity index (χ3n) is 4.25. The Labute approximate surface area is 136 Å². The highest BCUT2D eigenvalue weighted by Gasteiger charge is 2.30. The van der Waals surface area contributed by atoms with Gasteiger partial charge in [0.1, 0.15) is 0 Å². The second-order valence-electron chi connectivity index (χ2n) is 5.69. The van der Waals surface area contributed by atoms with Gasteiger partial charge in [0.05, 0.1) is 30.7 Å². The molecular formula is C17H21N3O3. The smallest absolute Gasteiger partial charge is 0.308 e. The van der Waals surface area contributed by atoms with Crippen molar-refractivity contribution in [2.75, 3.05) is 25.5 Å². The Morgan fingerprint density at radius 1 is 1.39 bits per heavy atom. The number of nitrogens with zero attached hydrogens (tertiary/aromatic N) is 2. The van der Waals surface area contributed by atoms with Crippen LogP contribution in [0.2, 0.25) is 0 Å². The molecule has 1 amide bonds. The molecular weight excluding hydrogens is 294 g/mol. The van der Waals surface area contributed by atoms with Crippen LogP contribution in [-0.4, -0.2) is 43.0 Å². The first-order valence-corrected chi connectivity index (χ1v) is 7.68. The lowest BCUT2D eigenvalue weighted by Crippen LogP contribution is -2.47. The van der Waals surface area contributed by atoms with E-state index in [4.69, 9.17) is 10.00 Å². The molecule has 1 saturated heterocycles. The predicted molar refractivity (Wildman–Crippen MR) is 85.6 cm³/mol. The number of methoxy groups -OCH3 is 1. The van der Waals surface area contributed by atoms with Crippen LogP contribution in [0.4, 0.5) is 5.69 Å². The minimum absolute atomic E-state index is 0.0705. The number of benzene rings is 1. The Morgan fingerprint density at radius 2 is 2.09 bits per heavy atom. The molecule has 0 aliphatic carbocycles. The van der Waals surface area contributed by atoms with Gasteiger partial charge in [-0.2, -0.15) is 5.26 Å². The number of anilines is 1. The molecule has 0 bridgehead atoms. The first-order valence-electron chi connectivity index (χ1n) is 7.68. The summed E-state index contributed by atoms with van der Waals surface area (Å²) in [4.78, 5) is 25.9. The fraction of sp³-hybridized carbons (Fsp3) is 0.471. The minimum Gasteiger partial charge on any atom is -0.469 e.